The summed E-state index contributed by atoms with van der Waals surface area (Å²) in [7, 11) is 0. The molecule has 0 radical (unpaired) electrons. The minimum Gasteiger partial charge on any atom is -0.333 e. The van der Waals surface area contributed by atoms with Crippen molar-refractivity contribution in [3.05, 3.63) is 30.0 Å². The Hall–Kier alpha value is -1.59. The third kappa shape index (κ3) is 2.43. The van der Waals surface area contributed by atoms with Gasteiger partial charge < -0.3 is 10.2 Å². The zero-order valence-corrected chi connectivity index (χ0v) is 11.5. The summed E-state index contributed by atoms with van der Waals surface area (Å²) in [5.41, 5.74) is 1.64. The van der Waals surface area contributed by atoms with Crippen molar-refractivity contribution in [3.63, 3.8) is 0 Å². The Labute approximate surface area is 117 Å². The summed E-state index contributed by atoms with van der Waals surface area (Å²) in [6, 6.07) is 5.92. The van der Waals surface area contributed by atoms with E-state index in [0.29, 0.717) is 0 Å². The molecule has 1 aliphatic rings. The first-order valence-electron chi connectivity index (χ1n) is 6.21. The standard InChI is InChI=1S/C13H16N4O.ClH/c1-9-7-14-5-6-17(9)13(18)10-3-2-4-12-11(10)8-15-16-12;/h2-4,8-9,14H,5-7H2,1H3,(H,15,16);1H/t9-;/m1./s1. The number of carbonyl (C=O) groups is 1. The van der Waals surface area contributed by atoms with Crippen LogP contribution in [-0.2, 0) is 0 Å². The Morgan fingerprint density at radius 3 is 3.11 bits per heavy atom. The fraction of sp³-hybridized carbons (Fsp3) is 0.385. The van der Waals surface area contributed by atoms with Gasteiger partial charge in [0, 0.05) is 31.1 Å². The molecule has 0 saturated carbocycles. The molecule has 0 spiro atoms. The maximum Gasteiger partial charge on any atom is 0.254 e. The number of fused-ring (bicyclic) bond motifs is 1. The van der Waals surface area contributed by atoms with E-state index in [1.807, 2.05) is 23.1 Å². The van der Waals surface area contributed by atoms with E-state index >= 15 is 0 Å². The molecule has 102 valence electrons. The van der Waals surface area contributed by atoms with Gasteiger partial charge in [0.05, 0.1) is 17.3 Å². The van der Waals surface area contributed by atoms with E-state index in [4.69, 9.17) is 0 Å². The van der Waals surface area contributed by atoms with Crippen LogP contribution in [0.5, 0.6) is 0 Å². The summed E-state index contributed by atoms with van der Waals surface area (Å²) in [6.07, 6.45) is 1.72. The normalized spacial score (nSPS) is 19.2. The Balaban J connectivity index is 0.00000133. The quantitative estimate of drug-likeness (QED) is 0.830. The smallest absolute Gasteiger partial charge is 0.254 e. The molecule has 3 rings (SSSR count). The Morgan fingerprint density at radius 1 is 1.47 bits per heavy atom. The van der Waals surface area contributed by atoms with Gasteiger partial charge in [-0.05, 0) is 19.1 Å². The molecule has 1 saturated heterocycles. The van der Waals surface area contributed by atoms with Crippen LogP contribution in [0.3, 0.4) is 0 Å². The molecule has 0 bridgehead atoms. The first-order valence-corrected chi connectivity index (χ1v) is 6.21. The van der Waals surface area contributed by atoms with Crippen LogP contribution in [0.25, 0.3) is 10.9 Å². The number of amides is 1. The van der Waals surface area contributed by atoms with Crippen LogP contribution in [0, 0.1) is 0 Å². The van der Waals surface area contributed by atoms with E-state index in [1.165, 1.54) is 0 Å². The number of aromatic amines is 1. The number of benzene rings is 1. The number of nitrogens with one attached hydrogen (secondary N) is 2. The molecule has 6 heteroatoms. The van der Waals surface area contributed by atoms with Crippen LogP contribution in [-0.4, -0.2) is 46.7 Å². The predicted octanol–water partition coefficient (Wildman–Crippen LogP) is 1.42. The lowest BCUT2D eigenvalue weighted by Gasteiger charge is -2.34. The molecular weight excluding hydrogens is 264 g/mol. The highest BCUT2D eigenvalue weighted by molar-refractivity contribution is 6.06. The number of carbonyl (C=O) groups excluding carboxylic acids is 1. The fourth-order valence-corrected chi connectivity index (χ4v) is 2.45. The van der Waals surface area contributed by atoms with Gasteiger partial charge in [-0.2, -0.15) is 5.10 Å². The summed E-state index contributed by atoms with van der Waals surface area (Å²) >= 11 is 0. The lowest BCUT2D eigenvalue weighted by molar-refractivity contribution is 0.0658. The van der Waals surface area contributed by atoms with E-state index in [1.54, 1.807) is 6.20 Å². The number of aromatic nitrogens is 2. The third-order valence-corrected chi connectivity index (χ3v) is 3.48. The number of nitrogens with zero attached hydrogens (tertiary/aromatic N) is 2. The second kappa shape index (κ2) is 5.59. The summed E-state index contributed by atoms with van der Waals surface area (Å²) in [6.45, 7) is 4.54. The zero-order chi connectivity index (χ0) is 12.5. The maximum absolute atomic E-state index is 12.6. The molecule has 2 aromatic rings. The van der Waals surface area contributed by atoms with E-state index in [-0.39, 0.29) is 24.4 Å². The molecule has 1 aromatic heterocycles. The molecule has 2 heterocycles. The van der Waals surface area contributed by atoms with Crippen LogP contribution in [0.15, 0.2) is 24.4 Å². The van der Waals surface area contributed by atoms with Crippen LogP contribution < -0.4 is 5.32 Å². The number of halogens is 1. The van der Waals surface area contributed by atoms with Crippen LogP contribution in [0.4, 0.5) is 0 Å². The van der Waals surface area contributed by atoms with Crippen LogP contribution in [0.2, 0.25) is 0 Å². The molecule has 0 unspecified atom stereocenters. The van der Waals surface area contributed by atoms with Gasteiger partial charge in [-0.25, -0.2) is 0 Å². The second-order valence-electron chi connectivity index (χ2n) is 4.69. The van der Waals surface area contributed by atoms with Gasteiger partial charge in [-0.3, -0.25) is 9.89 Å². The monoisotopic (exact) mass is 280 g/mol. The maximum atomic E-state index is 12.6. The molecular formula is C13H17ClN4O. The average Bonchev–Trinajstić information content (AvgIpc) is 2.86. The van der Waals surface area contributed by atoms with Crippen molar-refractivity contribution in [2.75, 3.05) is 19.6 Å². The van der Waals surface area contributed by atoms with Crippen molar-refractivity contribution in [1.29, 1.82) is 0 Å². The summed E-state index contributed by atoms with van der Waals surface area (Å²) in [5.74, 6) is 0.0935. The lowest BCUT2D eigenvalue weighted by Crippen LogP contribution is -2.52. The Bertz CT molecular complexity index is 583. The molecule has 5 nitrogen and oxygen atoms in total. The number of H-pyrrole nitrogens is 1. The van der Waals surface area contributed by atoms with Gasteiger partial charge in [0.15, 0.2) is 0 Å². The highest BCUT2D eigenvalue weighted by Crippen LogP contribution is 2.19. The topological polar surface area (TPSA) is 61.0 Å². The fourth-order valence-electron chi connectivity index (χ4n) is 2.45. The Morgan fingerprint density at radius 2 is 2.32 bits per heavy atom. The lowest BCUT2D eigenvalue weighted by atomic mass is 10.1. The molecule has 2 N–H and O–H groups in total. The van der Waals surface area contributed by atoms with E-state index in [2.05, 4.69) is 22.4 Å². The molecule has 1 atom stereocenters. The van der Waals surface area contributed by atoms with Crippen molar-refractivity contribution in [3.8, 4) is 0 Å². The highest BCUT2D eigenvalue weighted by atomic mass is 35.5. The second-order valence-corrected chi connectivity index (χ2v) is 4.69. The number of rotatable bonds is 1. The minimum absolute atomic E-state index is 0. The molecule has 1 amide bonds. The van der Waals surface area contributed by atoms with Crippen molar-refractivity contribution in [2.24, 2.45) is 0 Å². The average molecular weight is 281 g/mol. The molecule has 1 aromatic carbocycles. The van der Waals surface area contributed by atoms with Gasteiger partial charge >= 0.3 is 0 Å². The van der Waals surface area contributed by atoms with Crippen molar-refractivity contribution in [1.82, 2.24) is 20.4 Å². The minimum atomic E-state index is 0. The molecule has 0 aliphatic carbocycles. The van der Waals surface area contributed by atoms with E-state index in [9.17, 15) is 4.79 Å². The van der Waals surface area contributed by atoms with E-state index in [0.717, 1.165) is 36.1 Å². The van der Waals surface area contributed by atoms with Crippen LogP contribution >= 0.6 is 12.4 Å². The number of piperazine rings is 1. The van der Waals surface area contributed by atoms with Gasteiger partial charge in [-0.15, -0.1) is 12.4 Å². The van der Waals surface area contributed by atoms with Crippen molar-refractivity contribution in [2.45, 2.75) is 13.0 Å². The van der Waals surface area contributed by atoms with Gasteiger partial charge in [0.1, 0.15) is 0 Å². The summed E-state index contributed by atoms with van der Waals surface area (Å²) in [5, 5.41) is 11.1. The zero-order valence-electron chi connectivity index (χ0n) is 10.7. The van der Waals surface area contributed by atoms with Crippen LogP contribution in [0.1, 0.15) is 17.3 Å². The molecule has 1 fully saturated rings. The number of hydrogen-bond acceptors (Lipinski definition) is 3. The SMILES string of the molecule is C[C@@H]1CNCCN1C(=O)c1cccc2[nH]ncc12.Cl. The summed E-state index contributed by atoms with van der Waals surface area (Å²) in [4.78, 5) is 14.5. The molecule has 19 heavy (non-hydrogen) atoms. The summed E-state index contributed by atoms with van der Waals surface area (Å²) < 4.78 is 0. The van der Waals surface area contributed by atoms with Crippen molar-refractivity contribution >= 4 is 29.2 Å². The molecule has 1 aliphatic heterocycles. The predicted molar refractivity (Wildman–Crippen MR) is 76.7 cm³/mol. The number of hydrogen-bond donors (Lipinski definition) is 2. The van der Waals surface area contributed by atoms with E-state index < -0.39 is 0 Å². The van der Waals surface area contributed by atoms with Gasteiger partial charge in [0.25, 0.3) is 5.91 Å². The largest absolute Gasteiger partial charge is 0.333 e. The van der Waals surface area contributed by atoms with Gasteiger partial charge in [0.2, 0.25) is 0 Å². The van der Waals surface area contributed by atoms with Crippen molar-refractivity contribution < 1.29 is 4.79 Å². The van der Waals surface area contributed by atoms with Gasteiger partial charge in [-0.1, -0.05) is 6.07 Å². The first kappa shape index (κ1) is 13.8. The first-order chi connectivity index (χ1) is 8.77. The highest BCUT2D eigenvalue weighted by Gasteiger charge is 2.25. The Kier molecular flexibility index (Phi) is 4.07. The third-order valence-electron chi connectivity index (χ3n) is 3.48.